The van der Waals surface area contributed by atoms with E-state index in [1.807, 2.05) is 30.3 Å². The van der Waals surface area contributed by atoms with Crippen LogP contribution in [0.3, 0.4) is 0 Å². The number of thiophene rings is 1. The third-order valence-electron chi connectivity index (χ3n) is 4.88. The quantitative estimate of drug-likeness (QED) is 0.733. The molecule has 0 unspecified atom stereocenters. The molecule has 4 rings (SSSR count). The van der Waals surface area contributed by atoms with Crippen LogP contribution in [0.4, 0.5) is 0 Å². The Labute approximate surface area is 167 Å². The topological polar surface area (TPSA) is 66.8 Å². The highest BCUT2D eigenvalue weighted by Crippen LogP contribution is 2.43. The lowest BCUT2D eigenvalue weighted by atomic mass is 9.94. The van der Waals surface area contributed by atoms with Gasteiger partial charge in [-0.25, -0.2) is 0 Å². The Morgan fingerprint density at radius 2 is 1.74 bits per heavy atom. The molecule has 27 heavy (non-hydrogen) atoms. The number of rotatable bonds is 4. The van der Waals surface area contributed by atoms with E-state index >= 15 is 0 Å². The minimum absolute atomic E-state index is 0.0322. The van der Waals surface area contributed by atoms with Crippen molar-refractivity contribution >= 4 is 44.2 Å². The number of amidine groups is 1. The molecule has 1 saturated heterocycles. The molecule has 0 radical (unpaired) electrons. The molecule has 0 bridgehead atoms. The zero-order chi connectivity index (χ0) is 18.9. The second-order valence-electron chi connectivity index (χ2n) is 6.69. The summed E-state index contributed by atoms with van der Waals surface area (Å²) in [6.45, 7) is 0. The number of hydrogen-bond donors (Lipinski definition) is 0. The SMILES string of the molecule is O=C1[C@@H](c2ccccc2)SC(=NS(=O)(=O)c2cccs2)N1C1CCCCC1. The summed E-state index contributed by atoms with van der Waals surface area (Å²) in [6.07, 6.45) is 5.06. The van der Waals surface area contributed by atoms with Crippen molar-refractivity contribution in [2.45, 2.75) is 47.6 Å². The van der Waals surface area contributed by atoms with Crippen molar-refractivity contribution in [2.24, 2.45) is 4.40 Å². The predicted octanol–water partition coefficient (Wildman–Crippen LogP) is 4.44. The van der Waals surface area contributed by atoms with Crippen LogP contribution in [0.5, 0.6) is 0 Å². The molecule has 2 fully saturated rings. The van der Waals surface area contributed by atoms with Gasteiger partial charge in [-0.2, -0.15) is 8.42 Å². The van der Waals surface area contributed by atoms with Gasteiger partial charge in [0.1, 0.15) is 9.46 Å². The van der Waals surface area contributed by atoms with Crippen molar-refractivity contribution in [1.82, 2.24) is 4.90 Å². The molecule has 1 atom stereocenters. The first-order valence-electron chi connectivity index (χ1n) is 8.99. The molecule has 2 aromatic rings. The van der Waals surface area contributed by atoms with E-state index in [0.717, 1.165) is 49.0 Å². The monoisotopic (exact) mass is 420 g/mol. The zero-order valence-electron chi connectivity index (χ0n) is 14.7. The summed E-state index contributed by atoms with van der Waals surface area (Å²) in [5.41, 5.74) is 0.882. The van der Waals surface area contributed by atoms with Crippen molar-refractivity contribution in [3.8, 4) is 0 Å². The molecule has 1 saturated carbocycles. The van der Waals surface area contributed by atoms with E-state index in [4.69, 9.17) is 0 Å². The smallest absolute Gasteiger partial charge is 0.286 e. The number of carbonyl (C=O) groups excluding carboxylic acids is 1. The molecule has 2 heterocycles. The van der Waals surface area contributed by atoms with Gasteiger partial charge in [0.25, 0.3) is 10.0 Å². The highest BCUT2D eigenvalue weighted by molar-refractivity contribution is 8.15. The maximum absolute atomic E-state index is 13.2. The number of benzene rings is 1. The van der Waals surface area contributed by atoms with Gasteiger partial charge < -0.3 is 0 Å². The van der Waals surface area contributed by atoms with Crippen molar-refractivity contribution in [3.05, 3.63) is 53.4 Å². The molecule has 0 N–H and O–H groups in total. The first-order valence-corrected chi connectivity index (χ1v) is 12.2. The lowest BCUT2D eigenvalue weighted by Crippen LogP contribution is -2.41. The number of carbonyl (C=O) groups is 1. The third-order valence-corrected chi connectivity index (χ3v) is 8.84. The fourth-order valence-corrected chi connectivity index (χ4v) is 6.96. The fourth-order valence-electron chi connectivity index (χ4n) is 3.57. The van der Waals surface area contributed by atoms with Gasteiger partial charge in [0.15, 0.2) is 5.17 Å². The molecule has 8 heteroatoms. The minimum Gasteiger partial charge on any atom is -0.286 e. The lowest BCUT2D eigenvalue weighted by molar-refractivity contribution is -0.128. The van der Waals surface area contributed by atoms with Crippen LogP contribution in [0.2, 0.25) is 0 Å². The van der Waals surface area contributed by atoms with Gasteiger partial charge in [-0.1, -0.05) is 67.4 Å². The van der Waals surface area contributed by atoms with Crippen LogP contribution >= 0.6 is 23.1 Å². The molecule has 0 spiro atoms. The largest absolute Gasteiger partial charge is 0.294 e. The minimum atomic E-state index is -3.81. The summed E-state index contributed by atoms with van der Waals surface area (Å²) in [5.74, 6) is -0.0572. The van der Waals surface area contributed by atoms with Crippen LogP contribution < -0.4 is 0 Å². The Morgan fingerprint density at radius 1 is 1.00 bits per heavy atom. The fraction of sp³-hybridized carbons (Fsp3) is 0.368. The van der Waals surface area contributed by atoms with Gasteiger partial charge in [0.2, 0.25) is 5.91 Å². The Morgan fingerprint density at radius 3 is 2.41 bits per heavy atom. The van der Waals surface area contributed by atoms with Crippen molar-refractivity contribution < 1.29 is 13.2 Å². The molecule has 1 aromatic carbocycles. The first kappa shape index (κ1) is 18.7. The van der Waals surface area contributed by atoms with Gasteiger partial charge in [0.05, 0.1) is 0 Å². The van der Waals surface area contributed by atoms with Crippen molar-refractivity contribution in [1.29, 1.82) is 0 Å². The van der Waals surface area contributed by atoms with Crippen LogP contribution in [0, 0.1) is 0 Å². The standard InChI is InChI=1S/C19H20N2O3S3/c22-18-17(14-8-3-1-4-9-14)26-19(21(18)15-10-5-2-6-11-15)20-27(23,24)16-12-7-13-25-16/h1,3-4,7-9,12-13,15,17H,2,5-6,10-11H2/t17-/m1/s1. The number of sulfonamides is 1. The van der Waals surface area contributed by atoms with E-state index in [2.05, 4.69) is 4.40 Å². The summed E-state index contributed by atoms with van der Waals surface area (Å²) in [5, 5.41) is 1.59. The molecule has 1 aliphatic heterocycles. The lowest BCUT2D eigenvalue weighted by Gasteiger charge is -2.30. The van der Waals surface area contributed by atoms with Gasteiger partial charge in [-0.15, -0.1) is 15.7 Å². The van der Waals surface area contributed by atoms with Crippen LogP contribution in [0.1, 0.15) is 42.9 Å². The molecule has 142 valence electrons. The van der Waals surface area contributed by atoms with Gasteiger partial charge in [-0.05, 0) is 29.9 Å². The summed E-state index contributed by atoms with van der Waals surface area (Å²) >= 11 is 2.39. The molecule has 1 aromatic heterocycles. The van der Waals surface area contributed by atoms with Gasteiger partial charge in [-0.3, -0.25) is 9.69 Å². The van der Waals surface area contributed by atoms with E-state index in [-0.39, 0.29) is 16.2 Å². The number of nitrogens with zero attached hydrogens (tertiary/aromatic N) is 2. The summed E-state index contributed by atoms with van der Waals surface area (Å²) < 4.78 is 29.7. The van der Waals surface area contributed by atoms with Crippen LogP contribution in [-0.2, 0) is 14.8 Å². The van der Waals surface area contributed by atoms with Crippen LogP contribution in [-0.4, -0.2) is 30.4 Å². The predicted molar refractivity (Wildman–Crippen MR) is 109 cm³/mol. The third kappa shape index (κ3) is 3.83. The van der Waals surface area contributed by atoms with E-state index in [0.29, 0.717) is 5.17 Å². The summed E-state index contributed by atoms with van der Waals surface area (Å²) in [7, 11) is -3.81. The Kier molecular flexibility index (Phi) is 5.39. The summed E-state index contributed by atoms with van der Waals surface area (Å²) in [6, 6.07) is 12.8. The van der Waals surface area contributed by atoms with Crippen molar-refractivity contribution in [3.63, 3.8) is 0 Å². The second-order valence-corrected chi connectivity index (χ2v) is 10.5. The highest BCUT2D eigenvalue weighted by atomic mass is 32.2. The highest BCUT2D eigenvalue weighted by Gasteiger charge is 2.43. The molecular formula is C19H20N2O3S3. The Bertz CT molecular complexity index is 934. The first-order chi connectivity index (χ1) is 13.1. The number of thioether (sulfide) groups is 1. The molecule has 5 nitrogen and oxygen atoms in total. The Hall–Kier alpha value is -1.64. The van der Waals surface area contributed by atoms with Gasteiger partial charge in [0, 0.05) is 6.04 Å². The number of hydrogen-bond acceptors (Lipinski definition) is 5. The molecule has 1 aliphatic carbocycles. The van der Waals surface area contributed by atoms with Crippen molar-refractivity contribution in [2.75, 3.05) is 0 Å². The zero-order valence-corrected chi connectivity index (χ0v) is 17.1. The molecule has 1 amide bonds. The van der Waals surface area contributed by atoms with E-state index in [1.54, 1.807) is 22.4 Å². The average Bonchev–Trinajstić information content (AvgIpc) is 3.32. The van der Waals surface area contributed by atoms with E-state index in [9.17, 15) is 13.2 Å². The maximum Gasteiger partial charge on any atom is 0.294 e. The molecular weight excluding hydrogens is 400 g/mol. The normalized spacial score (nSPS) is 23.3. The molecule has 2 aliphatic rings. The van der Waals surface area contributed by atoms with Crippen LogP contribution in [0.25, 0.3) is 0 Å². The second kappa shape index (κ2) is 7.77. The number of amides is 1. The summed E-state index contributed by atoms with van der Waals surface area (Å²) in [4.78, 5) is 14.9. The van der Waals surface area contributed by atoms with Crippen LogP contribution in [0.15, 0.2) is 56.5 Å². The maximum atomic E-state index is 13.2. The average molecular weight is 421 g/mol. The Balaban J connectivity index is 1.73. The van der Waals surface area contributed by atoms with E-state index in [1.165, 1.54) is 11.8 Å². The van der Waals surface area contributed by atoms with Gasteiger partial charge >= 0.3 is 0 Å². The van der Waals surface area contributed by atoms with E-state index < -0.39 is 15.3 Å².